The van der Waals surface area contributed by atoms with Gasteiger partial charge in [-0.1, -0.05) is 30.3 Å². The Morgan fingerprint density at radius 1 is 1.18 bits per heavy atom. The number of rotatable bonds is 8. The lowest BCUT2D eigenvalue weighted by Crippen LogP contribution is -2.45. The number of carbonyl (C=O) groups excluding carboxylic acids is 2. The first-order valence-corrected chi connectivity index (χ1v) is 11.0. The van der Waals surface area contributed by atoms with Crippen LogP contribution in [0.3, 0.4) is 0 Å². The number of nitrogens with one attached hydrogen (secondary N) is 2. The predicted octanol–water partition coefficient (Wildman–Crippen LogP) is 4.83. The summed E-state index contributed by atoms with van der Waals surface area (Å²) in [6, 6.07) is 11.8. The molecule has 0 spiro atoms. The lowest BCUT2D eigenvalue weighted by atomic mass is 9.83. The van der Waals surface area contributed by atoms with Gasteiger partial charge >= 0.3 is 6.18 Å². The summed E-state index contributed by atoms with van der Waals surface area (Å²) >= 11 is 0. The van der Waals surface area contributed by atoms with Crippen LogP contribution in [-0.4, -0.2) is 30.6 Å². The molecule has 0 bridgehead atoms. The Kier molecular flexibility index (Phi) is 6.54. The Bertz CT molecular complexity index is 1180. The van der Waals surface area contributed by atoms with Crippen LogP contribution in [0.5, 0.6) is 5.75 Å². The second kappa shape index (κ2) is 9.40. The molecular formula is C25H25F3N2O4. The lowest BCUT2D eigenvalue weighted by molar-refractivity contribution is -0.166. The Morgan fingerprint density at radius 2 is 1.94 bits per heavy atom. The normalized spacial score (nSPS) is 19.1. The highest BCUT2D eigenvalue weighted by Crippen LogP contribution is 2.36. The molecule has 2 aromatic carbocycles. The van der Waals surface area contributed by atoms with Crippen molar-refractivity contribution in [3.05, 3.63) is 66.1 Å². The molecule has 0 radical (unpaired) electrons. The first-order chi connectivity index (χ1) is 16.2. The van der Waals surface area contributed by atoms with E-state index < -0.39 is 23.7 Å². The van der Waals surface area contributed by atoms with Gasteiger partial charge in [0.2, 0.25) is 11.8 Å². The van der Waals surface area contributed by atoms with Crippen molar-refractivity contribution < 1.29 is 31.9 Å². The SMILES string of the molecule is COc1ccc(C[C@@]2(CCC(=O)N[C@H](c3ccco3)C(F)(F)F)CCC(=O)N2)c2ccccc12. The van der Waals surface area contributed by atoms with E-state index in [0.717, 1.165) is 28.3 Å². The smallest absolute Gasteiger partial charge is 0.415 e. The summed E-state index contributed by atoms with van der Waals surface area (Å²) in [5, 5.41) is 6.90. The van der Waals surface area contributed by atoms with Gasteiger partial charge < -0.3 is 19.8 Å². The summed E-state index contributed by atoms with van der Waals surface area (Å²) in [5.74, 6) is -0.561. The largest absolute Gasteiger partial charge is 0.496 e. The molecule has 180 valence electrons. The third kappa shape index (κ3) is 5.03. The Hall–Kier alpha value is -3.49. The third-order valence-corrected chi connectivity index (χ3v) is 6.25. The van der Waals surface area contributed by atoms with Gasteiger partial charge in [0.25, 0.3) is 0 Å². The number of ether oxygens (including phenoxy) is 1. The first kappa shape index (κ1) is 23.7. The summed E-state index contributed by atoms with van der Waals surface area (Å²) in [6.07, 6.45) is -2.32. The molecule has 0 saturated carbocycles. The van der Waals surface area contributed by atoms with Crippen LogP contribution in [0.1, 0.15) is 43.0 Å². The molecule has 34 heavy (non-hydrogen) atoms. The molecular weight excluding hydrogens is 449 g/mol. The second-order valence-corrected chi connectivity index (χ2v) is 8.54. The molecule has 0 unspecified atom stereocenters. The highest BCUT2D eigenvalue weighted by Gasteiger charge is 2.44. The Balaban J connectivity index is 1.52. The molecule has 1 aliphatic heterocycles. The van der Waals surface area contributed by atoms with Crippen LogP contribution in [0.25, 0.3) is 10.8 Å². The third-order valence-electron chi connectivity index (χ3n) is 6.25. The molecule has 1 aliphatic rings. The zero-order chi connectivity index (χ0) is 24.3. The number of hydrogen-bond acceptors (Lipinski definition) is 4. The van der Waals surface area contributed by atoms with Gasteiger partial charge in [0.15, 0.2) is 6.04 Å². The number of benzene rings is 2. The fourth-order valence-electron chi connectivity index (χ4n) is 4.57. The van der Waals surface area contributed by atoms with Gasteiger partial charge in [0.05, 0.1) is 13.4 Å². The predicted molar refractivity (Wildman–Crippen MR) is 119 cm³/mol. The number of halogens is 3. The van der Waals surface area contributed by atoms with Crippen molar-refractivity contribution in [1.29, 1.82) is 0 Å². The van der Waals surface area contributed by atoms with Crippen molar-refractivity contribution in [1.82, 2.24) is 10.6 Å². The minimum Gasteiger partial charge on any atom is -0.496 e. The van der Waals surface area contributed by atoms with Crippen LogP contribution in [0.4, 0.5) is 13.2 Å². The summed E-state index contributed by atoms with van der Waals surface area (Å²) in [6.45, 7) is 0. The van der Waals surface area contributed by atoms with Crippen LogP contribution in [-0.2, 0) is 16.0 Å². The van der Waals surface area contributed by atoms with Crippen molar-refractivity contribution in [3.8, 4) is 5.75 Å². The van der Waals surface area contributed by atoms with E-state index >= 15 is 0 Å². The molecule has 2 amide bonds. The number of alkyl halides is 3. The van der Waals surface area contributed by atoms with E-state index in [1.165, 1.54) is 12.1 Å². The van der Waals surface area contributed by atoms with E-state index in [0.29, 0.717) is 19.3 Å². The molecule has 6 nitrogen and oxygen atoms in total. The maximum Gasteiger partial charge on any atom is 0.415 e. The minimum atomic E-state index is -4.70. The van der Waals surface area contributed by atoms with E-state index in [9.17, 15) is 22.8 Å². The molecule has 9 heteroatoms. The Morgan fingerprint density at radius 3 is 2.56 bits per heavy atom. The number of carbonyl (C=O) groups is 2. The Labute approximate surface area is 194 Å². The fraction of sp³-hybridized carbons (Fsp3) is 0.360. The second-order valence-electron chi connectivity index (χ2n) is 8.54. The number of amides is 2. The lowest BCUT2D eigenvalue weighted by Gasteiger charge is -2.30. The zero-order valence-corrected chi connectivity index (χ0v) is 18.6. The maximum atomic E-state index is 13.5. The first-order valence-electron chi connectivity index (χ1n) is 11.0. The summed E-state index contributed by atoms with van der Waals surface area (Å²) in [5.41, 5.74) is 0.229. The molecule has 2 N–H and O–H groups in total. The van der Waals surface area contributed by atoms with Crippen molar-refractivity contribution in [2.75, 3.05) is 7.11 Å². The van der Waals surface area contributed by atoms with Gasteiger partial charge in [-0.2, -0.15) is 13.2 Å². The summed E-state index contributed by atoms with van der Waals surface area (Å²) < 4.78 is 50.7. The number of furan rings is 1. The van der Waals surface area contributed by atoms with Gasteiger partial charge in [-0.25, -0.2) is 0 Å². The van der Waals surface area contributed by atoms with E-state index in [-0.39, 0.29) is 24.5 Å². The maximum absolute atomic E-state index is 13.5. The van der Waals surface area contributed by atoms with E-state index in [1.807, 2.05) is 41.7 Å². The van der Waals surface area contributed by atoms with Crippen molar-refractivity contribution in [2.45, 2.75) is 49.9 Å². The standard InChI is InChI=1S/C25H25F3N2O4/c1-33-19-9-8-16(17-5-2-3-6-18(17)19)15-24(13-11-22(32)30-24)12-10-21(31)29-23(25(26,27)28)20-7-4-14-34-20/h2-9,14,23H,10-13,15H2,1H3,(H,29,31)(H,30,32)/t23-,24-/m1/s1. The number of methoxy groups -OCH3 is 1. The quantitative estimate of drug-likeness (QED) is 0.490. The molecule has 1 saturated heterocycles. The fourth-order valence-corrected chi connectivity index (χ4v) is 4.57. The monoisotopic (exact) mass is 474 g/mol. The van der Waals surface area contributed by atoms with Crippen LogP contribution >= 0.6 is 0 Å². The van der Waals surface area contributed by atoms with Crippen molar-refractivity contribution in [3.63, 3.8) is 0 Å². The van der Waals surface area contributed by atoms with Crippen LogP contribution < -0.4 is 15.4 Å². The average Bonchev–Trinajstić information content (AvgIpc) is 3.46. The number of fused-ring (bicyclic) bond motifs is 1. The number of hydrogen-bond donors (Lipinski definition) is 2. The highest BCUT2D eigenvalue weighted by molar-refractivity contribution is 5.91. The zero-order valence-electron chi connectivity index (χ0n) is 18.6. The van der Waals surface area contributed by atoms with Gasteiger partial charge in [0.1, 0.15) is 11.5 Å². The highest BCUT2D eigenvalue weighted by atomic mass is 19.4. The van der Waals surface area contributed by atoms with Crippen LogP contribution in [0.15, 0.2) is 59.2 Å². The summed E-state index contributed by atoms with van der Waals surface area (Å²) in [7, 11) is 1.59. The van der Waals surface area contributed by atoms with Gasteiger partial charge in [-0.3, -0.25) is 9.59 Å². The summed E-state index contributed by atoms with van der Waals surface area (Å²) in [4.78, 5) is 24.7. The molecule has 1 fully saturated rings. The molecule has 3 aromatic rings. The molecule has 2 atom stereocenters. The van der Waals surface area contributed by atoms with Crippen LogP contribution in [0.2, 0.25) is 0 Å². The van der Waals surface area contributed by atoms with E-state index in [1.54, 1.807) is 7.11 Å². The van der Waals surface area contributed by atoms with Gasteiger partial charge in [0, 0.05) is 23.8 Å². The van der Waals surface area contributed by atoms with Crippen molar-refractivity contribution in [2.24, 2.45) is 0 Å². The van der Waals surface area contributed by atoms with Crippen LogP contribution in [0, 0.1) is 0 Å². The topological polar surface area (TPSA) is 80.6 Å². The van der Waals surface area contributed by atoms with E-state index in [4.69, 9.17) is 9.15 Å². The average molecular weight is 474 g/mol. The molecule has 1 aromatic heterocycles. The van der Waals surface area contributed by atoms with Crippen molar-refractivity contribution >= 4 is 22.6 Å². The van der Waals surface area contributed by atoms with Gasteiger partial charge in [-0.05, 0) is 48.4 Å². The molecule has 0 aliphatic carbocycles. The van der Waals surface area contributed by atoms with Gasteiger partial charge in [-0.15, -0.1) is 0 Å². The van der Waals surface area contributed by atoms with E-state index in [2.05, 4.69) is 5.32 Å². The molecule has 4 rings (SSSR count). The molecule has 2 heterocycles. The minimum absolute atomic E-state index is 0.137.